The molecule has 1 aliphatic rings. The monoisotopic (exact) mass is 359 g/mol. The first-order chi connectivity index (χ1) is 11.9. The highest BCUT2D eigenvalue weighted by Crippen LogP contribution is 2.29. The number of nitrogens with zero attached hydrogens (tertiary/aromatic N) is 1. The molecular formula is C19H21NO4S. The molecule has 132 valence electrons. The van der Waals surface area contributed by atoms with Gasteiger partial charge in [0.15, 0.2) is 9.84 Å². The number of amides is 1. The highest BCUT2D eigenvalue weighted by atomic mass is 32.2. The molecule has 2 aromatic rings. The molecular weight excluding hydrogens is 338 g/mol. The van der Waals surface area contributed by atoms with Crippen molar-refractivity contribution in [1.29, 1.82) is 0 Å². The van der Waals surface area contributed by atoms with E-state index in [1.807, 2.05) is 24.3 Å². The minimum atomic E-state index is -3.76. The number of rotatable bonds is 4. The topological polar surface area (TPSA) is 63.7 Å². The van der Waals surface area contributed by atoms with E-state index >= 15 is 0 Å². The second-order valence-corrected chi connectivity index (χ2v) is 8.35. The maximum atomic E-state index is 12.9. The Labute approximate surface area is 148 Å². The standard InChI is InChI=1S/C19H21NO4S/c1-14(25(22,23)17-11-9-16(24-2)10-12-17)19(21)20-13-5-7-15-6-3-4-8-18(15)20/h3-4,6,8-12,14H,5,7,13H2,1-2H3. The lowest BCUT2D eigenvalue weighted by Gasteiger charge is -2.31. The Morgan fingerprint density at radius 1 is 1.12 bits per heavy atom. The van der Waals surface area contributed by atoms with E-state index in [9.17, 15) is 13.2 Å². The fourth-order valence-corrected chi connectivity index (χ4v) is 4.40. The number of aryl methyl sites for hydroxylation is 1. The zero-order chi connectivity index (χ0) is 18.0. The summed E-state index contributed by atoms with van der Waals surface area (Å²) >= 11 is 0. The number of para-hydroxylation sites is 1. The molecule has 0 saturated carbocycles. The Morgan fingerprint density at radius 2 is 1.80 bits per heavy atom. The van der Waals surface area contributed by atoms with Gasteiger partial charge in [0.25, 0.3) is 0 Å². The third kappa shape index (κ3) is 3.26. The van der Waals surface area contributed by atoms with E-state index in [2.05, 4.69) is 0 Å². The molecule has 0 fully saturated rings. The molecule has 0 spiro atoms. The molecule has 1 atom stereocenters. The molecule has 1 heterocycles. The largest absolute Gasteiger partial charge is 0.497 e. The van der Waals surface area contributed by atoms with Gasteiger partial charge in [-0.15, -0.1) is 0 Å². The zero-order valence-corrected chi connectivity index (χ0v) is 15.1. The van der Waals surface area contributed by atoms with Crippen LogP contribution in [-0.4, -0.2) is 33.2 Å². The fourth-order valence-electron chi connectivity index (χ4n) is 3.08. The molecule has 1 aliphatic heterocycles. The number of methoxy groups -OCH3 is 1. The Hall–Kier alpha value is -2.34. The molecule has 5 nitrogen and oxygen atoms in total. The van der Waals surface area contributed by atoms with Crippen molar-refractivity contribution in [3.05, 3.63) is 54.1 Å². The van der Waals surface area contributed by atoms with Gasteiger partial charge >= 0.3 is 0 Å². The molecule has 0 radical (unpaired) electrons. The van der Waals surface area contributed by atoms with Crippen molar-refractivity contribution in [3.63, 3.8) is 0 Å². The van der Waals surface area contributed by atoms with Crippen LogP contribution in [-0.2, 0) is 21.1 Å². The molecule has 25 heavy (non-hydrogen) atoms. The summed E-state index contributed by atoms with van der Waals surface area (Å²) in [6.45, 7) is 2.00. The van der Waals surface area contributed by atoms with Gasteiger partial charge in [-0.25, -0.2) is 8.42 Å². The summed E-state index contributed by atoms with van der Waals surface area (Å²) in [6, 6.07) is 13.8. The Morgan fingerprint density at radius 3 is 2.48 bits per heavy atom. The molecule has 0 aliphatic carbocycles. The molecule has 2 aromatic carbocycles. The van der Waals surface area contributed by atoms with Gasteiger partial charge in [0, 0.05) is 12.2 Å². The van der Waals surface area contributed by atoms with Gasteiger partial charge < -0.3 is 9.64 Å². The number of carbonyl (C=O) groups excluding carboxylic acids is 1. The first kappa shape index (κ1) is 17.5. The van der Waals surface area contributed by atoms with Gasteiger partial charge in [0.1, 0.15) is 11.0 Å². The van der Waals surface area contributed by atoms with E-state index < -0.39 is 15.1 Å². The molecule has 3 rings (SSSR count). The minimum Gasteiger partial charge on any atom is -0.497 e. The summed E-state index contributed by atoms with van der Waals surface area (Å²) in [4.78, 5) is 14.7. The van der Waals surface area contributed by atoms with Crippen molar-refractivity contribution >= 4 is 21.4 Å². The summed E-state index contributed by atoms with van der Waals surface area (Å²) in [5.41, 5.74) is 1.90. The number of fused-ring (bicyclic) bond motifs is 1. The molecule has 1 unspecified atom stereocenters. The molecule has 6 heteroatoms. The summed E-state index contributed by atoms with van der Waals surface area (Å²) in [5.74, 6) is 0.186. The number of sulfone groups is 1. The van der Waals surface area contributed by atoms with E-state index in [-0.39, 0.29) is 10.8 Å². The average molecular weight is 359 g/mol. The van der Waals surface area contributed by atoms with Gasteiger partial charge in [-0.1, -0.05) is 18.2 Å². The number of ether oxygens (including phenoxy) is 1. The predicted molar refractivity (Wildman–Crippen MR) is 96.8 cm³/mol. The molecule has 0 bridgehead atoms. The van der Waals surface area contributed by atoms with Crippen molar-refractivity contribution in [2.24, 2.45) is 0 Å². The van der Waals surface area contributed by atoms with Crippen molar-refractivity contribution in [2.45, 2.75) is 29.9 Å². The van der Waals surface area contributed by atoms with Crippen LogP contribution in [0, 0.1) is 0 Å². The first-order valence-electron chi connectivity index (χ1n) is 8.22. The number of benzene rings is 2. The number of hydrogen-bond acceptors (Lipinski definition) is 4. The van der Waals surface area contributed by atoms with Crippen LogP contribution in [0.4, 0.5) is 5.69 Å². The van der Waals surface area contributed by atoms with Gasteiger partial charge in [-0.3, -0.25) is 4.79 Å². The third-order valence-electron chi connectivity index (χ3n) is 4.58. The van der Waals surface area contributed by atoms with Crippen LogP contribution < -0.4 is 9.64 Å². The van der Waals surface area contributed by atoms with Crippen LogP contribution in [0.15, 0.2) is 53.4 Å². The van der Waals surface area contributed by atoms with Crippen molar-refractivity contribution < 1.29 is 17.9 Å². The molecule has 1 amide bonds. The fraction of sp³-hybridized carbons (Fsp3) is 0.316. The molecule has 0 aromatic heterocycles. The SMILES string of the molecule is COc1ccc(S(=O)(=O)C(C)C(=O)N2CCCc3ccccc32)cc1. The lowest BCUT2D eigenvalue weighted by Crippen LogP contribution is -2.44. The van der Waals surface area contributed by atoms with Crippen LogP contribution in [0.25, 0.3) is 0 Å². The lowest BCUT2D eigenvalue weighted by atomic mass is 10.0. The highest BCUT2D eigenvalue weighted by molar-refractivity contribution is 7.92. The van der Waals surface area contributed by atoms with Crippen LogP contribution in [0.5, 0.6) is 5.75 Å². The average Bonchev–Trinajstić information content (AvgIpc) is 2.66. The van der Waals surface area contributed by atoms with Gasteiger partial charge in [-0.2, -0.15) is 0 Å². The van der Waals surface area contributed by atoms with E-state index in [1.165, 1.54) is 26.2 Å². The Kier molecular flexibility index (Phi) is 4.81. The van der Waals surface area contributed by atoms with E-state index in [0.717, 1.165) is 24.1 Å². The third-order valence-corrected chi connectivity index (χ3v) is 6.64. The maximum absolute atomic E-state index is 12.9. The summed E-state index contributed by atoms with van der Waals surface area (Å²) in [7, 11) is -2.24. The van der Waals surface area contributed by atoms with Gasteiger partial charge in [0.2, 0.25) is 5.91 Å². The van der Waals surface area contributed by atoms with Crippen LogP contribution in [0.3, 0.4) is 0 Å². The second kappa shape index (κ2) is 6.88. The van der Waals surface area contributed by atoms with Crippen molar-refractivity contribution in [2.75, 3.05) is 18.6 Å². The van der Waals surface area contributed by atoms with Crippen molar-refractivity contribution in [3.8, 4) is 5.75 Å². The maximum Gasteiger partial charge on any atom is 0.245 e. The second-order valence-electron chi connectivity index (χ2n) is 6.08. The summed E-state index contributed by atoms with van der Waals surface area (Å²) < 4.78 is 30.7. The number of anilines is 1. The first-order valence-corrected chi connectivity index (χ1v) is 9.77. The molecule has 0 N–H and O–H groups in total. The van der Waals surface area contributed by atoms with E-state index in [4.69, 9.17) is 4.74 Å². The quantitative estimate of drug-likeness (QED) is 0.842. The Balaban J connectivity index is 1.89. The molecule has 0 saturated heterocycles. The van der Waals surface area contributed by atoms with Gasteiger partial charge in [0.05, 0.1) is 12.0 Å². The predicted octanol–water partition coefficient (Wildman–Crippen LogP) is 2.84. The zero-order valence-electron chi connectivity index (χ0n) is 14.3. The number of carbonyl (C=O) groups is 1. The minimum absolute atomic E-state index is 0.124. The summed E-state index contributed by atoms with van der Waals surface area (Å²) in [5, 5.41) is -1.15. The lowest BCUT2D eigenvalue weighted by molar-refractivity contribution is -0.118. The highest BCUT2D eigenvalue weighted by Gasteiger charge is 2.35. The van der Waals surface area contributed by atoms with Gasteiger partial charge in [-0.05, 0) is 55.7 Å². The number of hydrogen-bond donors (Lipinski definition) is 0. The van der Waals surface area contributed by atoms with Crippen LogP contribution in [0.1, 0.15) is 18.9 Å². The Bertz CT molecular complexity index is 875. The van der Waals surface area contributed by atoms with E-state index in [0.29, 0.717) is 12.3 Å². The van der Waals surface area contributed by atoms with Crippen LogP contribution >= 0.6 is 0 Å². The van der Waals surface area contributed by atoms with Crippen molar-refractivity contribution in [1.82, 2.24) is 0 Å². The smallest absolute Gasteiger partial charge is 0.245 e. The van der Waals surface area contributed by atoms with Crippen LogP contribution in [0.2, 0.25) is 0 Å². The normalized spacial score (nSPS) is 15.4. The summed E-state index contributed by atoms with van der Waals surface area (Å²) in [6.07, 6.45) is 1.73. The van der Waals surface area contributed by atoms with E-state index in [1.54, 1.807) is 17.0 Å².